The third-order valence-electron chi connectivity index (χ3n) is 1.93. The first-order valence-corrected chi connectivity index (χ1v) is 5.48. The van der Waals surface area contributed by atoms with Crippen molar-refractivity contribution in [3.8, 4) is 5.75 Å². The van der Waals surface area contributed by atoms with Crippen LogP contribution in [0.15, 0.2) is 18.2 Å². The lowest BCUT2D eigenvalue weighted by Crippen LogP contribution is -2.05. The Balaban J connectivity index is 2.50. The van der Waals surface area contributed by atoms with E-state index in [0.29, 0.717) is 35.2 Å². The van der Waals surface area contributed by atoms with Gasteiger partial charge in [-0.2, -0.15) is 0 Å². The molecule has 0 heterocycles. The van der Waals surface area contributed by atoms with E-state index in [-0.39, 0.29) is 5.78 Å². The Morgan fingerprint density at radius 2 is 2.13 bits per heavy atom. The molecule has 0 aliphatic carbocycles. The van der Waals surface area contributed by atoms with E-state index < -0.39 is 0 Å². The highest BCUT2D eigenvalue weighted by Gasteiger charge is 2.03. The molecule has 0 N–H and O–H groups in total. The van der Waals surface area contributed by atoms with E-state index in [2.05, 4.69) is 0 Å². The maximum absolute atomic E-state index is 11.0. The van der Waals surface area contributed by atoms with Crippen LogP contribution in [0.2, 0.25) is 10.0 Å². The topological polar surface area (TPSA) is 26.3 Å². The molecule has 0 saturated heterocycles. The lowest BCUT2D eigenvalue weighted by Gasteiger charge is -2.07. The first kappa shape index (κ1) is 12.3. The van der Waals surface area contributed by atoms with Crippen molar-refractivity contribution in [2.45, 2.75) is 19.8 Å². The molecule has 0 aliphatic heterocycles. The molecule has 1 aromatic rings. The summed E-state index contributed by atoms with van der Waals surface area (Å²) in [6.07, 6.45) is 0.936. The lowest BCUT2D eigenvalue weighted by molar-refractivity contribution is -0.119. The number of ether oxygens (including phenoxy) is 1. The number of rotatable bonds is 5. The van der Waals surface area contributed by atoms with Crippen molar-refractivity contribution in [1.29, 1.82) is 0 Å². The Bertz CT molecular complexity index is 350. The average molecular weight is 247 g/mol. The van der Waals surface area contributed by atoms with Crippen LogP contribution in [0.5, 0.6) is 5.75 Å². The summed E-state index contributed by atoms with van der Waals surface area (Å²) < 4.78 is 5.35. The molecule has 0 aromatic heterocycles. The molecule has 1 aromatic carbocycles. The summed E-state index contributed by atoms with van der Waals surface area (Å²) in [4.78, 5) is 11.0. The van der Waals surface area contributed by atoms with Crippen molar-refractivity contribution in [2.75, 3.05) is 6.61 Å². The predicted octanol–water partition coefficient (Wildman–Crippen LogP) is 3.74. The Hall–Kier alpha value is -0.730. The summed E-state index contributed by atoms with van der Waals surface area (Å²) in [7, 11) is 0. The second kappa shape index (κ2) is 5.99. The maximum Gasteiger partial charge on any atom is 0.139 e. The van der Waals surface area contributed by atoms with Crippen LogP contribution in [-0.2, 0) is 4.79 Å². The highest BCUT2D eigenvalue weighted by Crippen LogP contribution is 2.27. The zero-order valence-electron chi connectivity index (χ0n) is 8.43. The van der Waals surface area contributed by atoms with Gasteiger partial charge in [-0.15, -0.1) is 0 Å². The fourth-order valence-electron chi connectivity index (χ4n) is 1.04. The van der Waals surface area contributed by atoms with E-state index >= 15 is 0 Å². The molecule has 0 atom stereocenters. The highest BCUT2D eigenvalue weighted by atomic mass is 35.5. The molecule has 2 nitrogen and oxygen atoms in total. The molecule has 82 valence electrons. The van der Waals surface area contributed by atoms with Gasteiger partial charge < -0.3 is 4.74 Å². The number of halogens is 2. The summed E-state index contributed by atoms with van der Waals surface area (Å²) in [5.41, 5.74) is 0. The summed E-state index contributed by atoms with van der Waals surface area (Å²) in [6, 6.07) is 5.00. The van der Waals surface area contributed by atoms with Crippen LogP contribution >= 0.6 is 23.2 Å². The van der Waals surface area contributed by atoms with Crippen LogP contribution in [0, 0.1) is 0 Å². The van der Waals surface area contributed by atoms with Crippen molar-refractivity contribution in [2.24, 2.45) is 0 Å². The molecule has 0 amide bonds. The normalized spacial score (nSPS) is 10.1. The first-order valence-electron chi connectivity index (χ1n) is 4.73. The second-order valence-electron chi connectivity index (χ2n) is 3.07. The van der Waals surface area contributed by atoms with Crippen molar-refractivity contribution in [3.63, 3.8) is 0 Å². The predicted molar refractivity (Wildman–Crippen MR) is 61.9 cm³/mol. The summed E-state index contributed by atoms with van der Waals surface area (Å²) in [6.45, 7) is 2.17. The summed E-state index contributed by atoms with van der Waals surface area (Å²) >= 11 is 11.7. The number of hydrogen-bond acceptors (Lipinski definition) is 2. The molecule has 0 radical (unpaired) electrons. The van der Waals surface area contributed by atoms with E-state index in [4.69, 9.17) is 27.9 Å². The number of Topliss-reactive ketones (excluding diaryl/α,β-unsaturated/α-hetero) is 1. The van der Waals surface area contributed by atoms with Gasteiger partial charge in [0.2, 0.25) is 0 Å². The van der Waals surface area contributed by atoms with Crippen molar-refractivity contribution >= 4 is 29.0 Å². The van der Waals surface area contributed by atoms with Crippen molar-refractivity contribution < 1.29 is 9.53 Å². The maximum atomic E-state index is 11.0. The minimum absolute atomic E-state index is 0.174. The summed E-state index contributed by atoms with van der Waals surface area (Å²) in [5.74, 6) is 0.696. The SMILES string of the molecule is CCC(=O)CCOc1cc(Cl)ccc1Cl. The Labute approximate surface area is 99.1 Å². The number of ketones is 1. The molecule has 0 unspecified atom stereocenters. The van der Waals surface area contributed by atoms with Crippen LogP contribution in [0.3, 0.4) is 0 Å². The van der Waals surface area contributed by atoms with Crippen LogP contribution in [0.1, 0.15) is 19.8 Å². The molecule has 4 heteroatoms. The zero-order chi connectivity index (χ0) is 11.3. The number of carbonyl (C=O) groups is 1. The van der Waals surface area contributed by atoms with E-state index in [1.165, 1.54) is 0 Å². The van der Waals surface area contributed by atoms with Gasteiger partial charge in [0.1, 0.15) is 11.5 Å². The molecule has 0 saturated carbocycles. The van der Waals surface area contributed by atoms with Gasteiger partial charge in [0.05, 0.1) is 11.6 Å². The molecule has 1 rings (SSSR count). The van der Waals surface area contributed by atoms with Gasteiger partial charge in [-0.25, -0.2) is 0 Å². The second-order valence-corrected chi connectivity index (χ2v) is 3.91. The van der Waals surface area contributed by atoms with E-state index in [9.17, 15) is 4.79 Å². The minimum atomic E-state index is 0.174. The van der Waals surface area contributed by atoms with E-state index in [1.54, 1.807) is 18.2 Å². The van der Waals surface area contributed by atoms with E-state index in [0.717, 1.165) is 0 Å². The van der Waals surface area contributed by atoms with Gasteiger partial charge >= 0.3 is 0 Å². The number of hydrogen-bond donors (Lipinski definition) is 0. The first-order chi connectivity index (χ1) is 7.13. The van der Waals surface area contributed by atoms with Crippen LogP contribution in [0.25, 0.3) is 0 Å². The smallest absolute Gasteiger partial charge is 0.139 e. The van der Waals surface area contributed by atoms with Gasteiger partial charge in [0.25, 0.3) is 0 Å². The molecular weight excluding hydrogens is 235 g/mol. The van der Waals surface area contributed by atoms with Crippen molar-refractivity contribution in [1.82, 2.24) is 0 Å². The van der Waals surface area contributed by atoms with Gasteiger partial charge in [-0.1, -0.05) is 30.1 Å². The molecule has 0 spiro atoms. The molecule has 15 heavy (non-hydrogen) atoms. The molecule has 0 aliphatic rings. The zero-order valence-corrected chi connectivity index (χ0v) is 9.94. The average Bonchev–Trinajstić information content (AvgIpc) is 2.23. The summed E-state index contributed by atoms with van der Waals surface area (Å²) in [5, 5.41) is 1.07. The fraction of sp³-hybridized carbons (Fsp3) is 0.364. The van der Waals surface area contributed by atoms with Gasteiger partial charge in [-0.05, 0) is 12.1 Å². The van der Waals surface area contributed by atoms with Crippen LogP contribution in [0.4, 0.5) is 0 Å². The third kappa shape index (κ3) is 4.10. The number of benzene rings is 1. The lowest BCUT2D eigenvalue weighted by atomic mass is 10.2. The van der Waals surface area contributed by atoms with Gasteiger partial charge in [-0.3, -0.25) is 4.79 Å². The third-order valence-corrected chi connectivity index (χ3v) is 2.47. The Morgan fingerprint density at radius 3 is 2.80 bits per heavy atom. The van der Waals surface area contributed by atoms with Gasteiger partial charge in [0, 0.05) is 23.9 Å². The Kier molecular flexibility index (Phi) is 4.92. The number of carbonyl (C=O) groups excluding carboxylic acids is 1. The van der Waals surface area contributed by atoms with Crippen LogP contribution < -0.4 is 4.74 Å². The minimum Gasteiger partial charge on any atom is -0.492 e. The van der Waals surface area contributed by atoms with E-state index in [1.807, 2.05) is 6.92 Å². The molecule has 0 bridgehead atoms. The fourth-order valence-corrected chi connectivity index (χ4v) is 1.37. The highest BCUT2D eigenvalue weighted by molar-refractivity contribution is 6.34. The monoisotopic (exact) mass is 246 g/mol. The Morgan fingerprint density at radius 1 is 1.40 bits per heavy atom. The quantitative estimate of drug-likeness (QED) is 0.792. The largest absolute Gasteiger partial charge is 0.492 e. The van der Waals surface area contributed by atoms with Crippen LogP contribution in [-0.4, -0.2) is 12.4 Å². The molecular formula is C11H12Cl2O2. The standard InChI is InChI=1S/C11H12Cl2O2/c1-2-9(14)5-6-15-11-7-8(12)3-4-10(11)13/h3-4,7H,2,5-6H2,1H3. The van der Waals surface area contributed by atoms with Gasteiger partial charge in [0.15, 0.2) is 0 Å². The van der Waals surface area contributed by atoms with Crippen molar-refractivity contribution in [3.05, 3.63) is 28.2 Å². The molecule has 0 fully saturated rings.